The van der Waals surface area contributed by atoms with Crippen LogP contribution in [0.25, 0.3) is 0 Å². The van der Waals surface area contributed by atoms with Crippen LogP contribution in [0.15, 0.2) is 18.2 Å². The fourth-order valence-corrected chi connectivity index (χ4v) is 2.09. The summed E-state index contributed by atoms with van der Waals surface area (Å²) in [4.78, 5) is 11.8. The van der Waals surface area contributed by atoms with Crippen molar-refractivity contribution in [3.8, 4) is 11.8 Å². The van der Waals surface area contributed by atoms with Crippen LogP contribution in [0.2, 0.25) is 5.02 Å². The molecule has 0 heterocycles. The Kier molecular flexibility index (Phi) is 4.15. The maximum atomic E-state index is 13.0. The van der Waals surface area contributed by atoms with Gasteiger partial charge in [-0.1, -0.05) is 11.6 Å². The SMILES string of the molecule is C[C@](C#N)(NC(=O)COc1ccc(F)c(Cl)c1)C1CC1. The van der Waals surface area contributed by atoms with Gasteiger partial charge in [-0.05, 0) is 37.8 Å². The van der Waals surface area contributed by atoms with E-state index in [1.807, 2.05) is 0 Å². The van der Waals surface area contributed by atoms with E-state index in [1.54, 1.807) is 6.92 Å². The lowest BCUT2D eigenvalue weighted by Gasteiger charge is -2.22. The Labute approximate surface area is 121 Å². The van der Waals surface area contributed by atoms with Gasteiger partial charge in [0.2, 0.25) is 0 Å². The van der Waals surface area contributed by atoms with Gasteiger partial charge < -0.3 is 10.1 Å². The van der Waals surface area contributed by atoms with Crippen LogP contribution < -0.4 is 10.1 Å². The van der Waals surface area contributed by atoms with Gasteiger partial charge in [0.25, 0.3) is 5.91 Å². The number of halogens is 2. The number of hydrogen-bond donors (Lipinski definition) is 1. The van der Waals surface area contributed by atoms with E-state index in [4.69, 9.17) is 21.6 Å². The van der Waals surface area contributed by atoms with Crippen LogP contribution in [0.3, 0.4) is 0 Å². The first kappa shape index (κ1) is 14.6. The minimum atomic E-state index is -0.846. The number of nitrogens with zero attached hydrogens (tertiary/aromatic N) is 1. The average Bonchev–Trinajstić information content (AvgIpc) is 3.25. The lowest BCUT2D eigenvalue weighted by Crippen LogP contribution is -2.48. The molecule has 1 aromatic carbocycles. The van der Waals surface area contributed by atoms with Crippen molar-refractivity contribution >= 4 is 17.5 Å². The summed E-state index contributed by atoms with van der Waals surface area (Å²) >= 11 is 5.61. The molecule has 1 atom stereocenters. The van der Waals surface area contributed by atoms with E-state index >= 15 is 0 Å². The van der Waals surface area contributed by atoms with Gasteiger partial charge in [-0.2, -0.15) is 5.26 Å². The number of rotatable bonds is 5. The second kappa shape index (κ2) is 5.68. The lowest BCUT2D eigenvalue weighted by molar-refractivity contribution is -0.124. The Bertz CT molecular complexity index is 569. The van der Waals surface area contributed by atoms with Gasteiger partial charge in [0.15, 0.2) is 6.61 Å². The van der Waals surface area contributed by atoms with E-state index < -0.39 is 11.4 Å². The molecule has 1 amide bonds. The maximum absolute atomic E-state index is 13.0. The normalized spacial score (nSPS) is 16.9. The first-order valence-corrected chi connectivity index (χ1v) is 6.62. The fraction of sp³-hybridized carbons (Fsp3) is 0.429. The van der Waals surface area contributed by atoms with E-state index in [0.717, 1.165) is 12.8 Å². The molecule has 1 aromatic rings. The largest absolute Gasteiger partial charge is 0.484 e. The van der Waals surface area contributed by atoms with Gasteiger partial charge in [-0.15, -0.1) is 0 Å². The minimum absolute atomic E-state index is 0.0669. The molecule has 1 fully saturated rings. The summed E-state index contributed by atoms with van der Waals surface area (Å²) in [6.45, 7) is 1.46. The zero-order valence-corrected chi connectivity index (χ0v) is 11.7. The fourth-order valence-electron chi connectivity index (χ4n) is 1.92. The first-order valence-electron chi connectivity index (χ1n) is 6.25. The molecule has 20 heavy (non-hydrogen) atoms. The molecular weight excluding hydrogens is 283 g/mol. The highest BCUT2D eigenvalue weighted by Crippen LogP contribution is 2.39. The highest BCUT2D eigenvalue weighted by atomic mass is 35.5. The van der Waals surface area contributed by atoms with Crippen molar-refractivity contribution in [2.75, 3.05) is 6.61 Å². The number of nitriles is 1. The van der Waals surface area contributed by atoms with Crippen LogP contribution in [-0.4, -0.2) is 18.1 Å². The molecule has 0 bridgehead atoms. The van der Waals surface area contributed by atoms with Crippen LogP contribution in [0.5, 0.6) is 5.75 Å². The molecule has 1 aliphatic carbocycles. The first-order chi connectivity index (χ1) is 9.44. The summed E-state index contributed by atoms with van der Waals surface area (Å²) in [6, 6.07) is 5.98. The van der Waals surface area contributed by atoms with Crippen molar-refractivity contribution in [3.63, 3.8) is 0 Å². The van der Waals surface area contributed by atoms with E-state index in [-0.39, 0.29) is 23.5 Å². The van der Waals surface area contributed by atoms with Gasteiger partial charge in [0.1, 0.15) is 17.1 Å². The average molecular weight is 297 g/mol. The molecule has 1 saturated carbocycles. The van der Waals surface area contributed by atoms with E-state index in [2.05, 4.69) is 11.4 Å². The Morgan fingerprint density at radius 1 is 1.65 bits per heavy atom. The number of hydrogen-bond acceptors (Lipinski definition) is 3. The van der Waals surface area contributed by atoms with Crippen LogP contribution in [0, 0.1) is 23.1 Å². The zero-order chi connectivity index (χ0) is 14.8. The van der Waals surface area contributed by atoms with Crippen molar-refractivity contribution < 1.29 is 13.9 Å². The smallest absolute Gasteiger partial charge is 0.259 e. The highest BCUT2D eigenvalue weighted by Gasteiger charge is 2.43. The number of carbonyl (C=O) groups excluding carboxylic acids is 1. The predicted octanol–water partition coefficient (Wildman–Crippen LogP) is 2.67. The quantitative estimate of drug-likeness (QED) is 0.908. The van der Waals surface area contributed by atoms with Crippen molar-refractivity contribution in [1.82, 2.24) is 5.32 Å². The maximum Gasteiger partial charge on any atom is 0.259 e. The molecule has 4 nitrogen and oxygen atoms in total. The van der Waals surface area contributed by atoms with Crippen molar-refractivity contribution in [2.45, 2.75) is 25.3 Å². The molecule has 1 N–H and O–H groups in total. The summed E-state index contributed by atoms with van der Waals surface area (Å²) in [6.07, 6.45) is 1.89. The van der Waals surface area contributed by atoms with E-state index in [9.17, 15) is 9.18 Å². The highest BCUT2D eigenvalue weighted by molar-refractivity contribution is 6.30. The zero-order valence-electron chi connectivity index (χ0n) is 11.0. The lowest BCUT2D eigenvalue weighted by atomic mass is 9.98. The van der Waals surface area contributed by atoms with Crippen LogP contribution in [-0.2, 0) is 4.79 Å². The Hall–Kier alpha value is -1.80. The summed E-state index contributed by atoms with van der Waals surface area (Å²) in [5.74, 6) is -0.427. The van der Waals surface area contributed by atoms with Crippen LogP contribution >= 0.6 is 11.6 Å². The number of carbonyl (C=O) groups is 1. The van der Waals surface area contributed by atoms with Gasteiger partial charge in [-0.25, -0.2) is 4.39 Å². The van der Waals surface area contributed by atoms with Crippen molar-refractivity contribution in [3.05, 3.63) is 29.0 Å². The third-order valence-electron chi connectivity index (χ3n) is 3.29. The van der Waals surface area contributed by atoms with Gasteiger partial charge in [-0.3, -0.25) is 4.79 Å². The topological polar surface area (TPSA) is 62.1 Å². The third kappa shape index (κ3) is 3.40. The van der Waals surface area contributed by atoms with Crippen molar-refractivity contribution in [2.24, 2.45) is 5.92 Å². The Morgan fingerprint density at radius 3 is 2.90 bits per heavy atom. The summed E-state index contributed by atoms with van der Waals surface area (Å²) < 4.78 is 18.2. The molecule has 0 spiro atoms. The van der Waals surface area contributed by atoms with Gasteiger partial charge >= 0.3 is 0 Å². The molecular formula is C14H14ClFN2O2. The Balaban J connectivity index is 1.89. The monoisotopic (exact) mass is 296 g/mol. The second-order valence-electron chi connectivity index (χ2n) is 5.00. The number of ether oxygens (including phenoxy) is 1. The molecule has 0 radical (unpaired) electrons. The molecule has 2 rings (SSSR count). The molecule has 6 heteroatoms. The van der Waals surface area contributed by atoms with E-state index in [0.29, 0.717) is 5.75 Å². The minimum Gasteiger partial charge on any atom is -0.484 e. The summed E-state index contributed by atoms with van der Waals surface area (Å²) in [5, 5.41) is 11.7. The van der Waals surface area contributed by atoms with Crippen molar-refractivity contribution in [1.29, 1.82) is 5.26 Å². The molecule has 0 aromatic heterocycles. The molecule has 106 valence electrons. The van der Waals surface area contributed by atoms with Crippen LogP contribution in [0.1, 0.15) is 19.8 Å². The Morgan fingerprint density at radius 2 is 2.35 bits per heavy atom. The summed E-state index contributed by atoms with van der Waals surface area (Å²) in [7, 11) is 0. The molecule has 0 saturated heterocycles. The third-order valence-corrected chi connectivity index (χ3v) is 3.58. The summed E-state index contributed by atoms with van der Waals surface area (Å²) in [5.41, 5.74) is -0.846. The van der Waals surface area contributed by atoms with E-state index in [1.165, 1.54) is 18.2 Å². The number of benzene rings is 1. The molecule has 0 unspecified atom stereocenters. The number of amides is 1. The van der Waals surface area contributed by atoms with Crippen LogP contribution in [0.4, 0.5) is 4.39 Å². The number of nitrogens with one attached hydrogen (secondary N) is 1. The second-order valence-corrected chi connectivity index (χ2v) is 5.41. The van der Waals surface area contributed by atoms with Gasteiger partial charge in [0, 0.05) is 6.07 Å². The predicted molar refractivity (Wildman–Crippen MR) is 71.8 cm³/mol. The molecule has 0 aliphatic heterocycles. The molecule has 1 aliphatic rings. The standard InChI is InChI=1S/C14H14ClFN2O2/c1-14(8-17,9-2-3-9)18-13(19)7-20-10-4-5-12(16)11(15)6-10/h4-6,9H,2-3,7H2,1H3,(H,18,19)/t14-/m1/s1. The van der Waals surface area contributed by atoms with Gasteiger partial charge in [0.05, 0.1) is 11.1 Å².